The zero-order chi connectivity index (χ0) is 12.5. The summed E-state index contributed by atoms with van der Waals surface area (Å²) in [5, 5.41) is 2.80. The van der Waals surface area contributed by atoms with Gasteiger partial charge in [-0.1, -0.05) is 13.8 Å². The van der Waals surface area contributed by atoms with E-state index in [1.54, 1.807) is 7.05 Å². The summed E-state index contributed by atoms with van der Waals surface area (Å²) in [5.74, 6) is 0.0781. The molecule has 0 unspecified atom stereocenters. The van der Waals surface area contributed by atoms with Gasteiger partial charge in [-0.2, -0.15) is 13.2 Å². The van der Waals surface area contributed by atoms with E-state index in [2.05, 4.69) is 5.32 Å². The summed E-state index contributed by atoms with van der Waals surface area (Å²) in [7, 11) is 1.63. The number of hydrogen-bond donors (Lipinski definition) is 1. The van der Waals surface area contributed by atoms with E-state index in [1.807, 2.05) is 20.8 Å². The number of anilines is 1. The highest BCUT2D eigenvalue weighted by Crippen LogP contribution is 2.35. The summed E-state index contributed by atoms with van der Waals surface area (Å²) in [4.78, 5) is 0. The van der Waals surface area contributed by atoms with Crippen LogP contribution in [0.3, 0.4) is 0 Å². The Hall–Kier alpha value is -1.19. The van der Waals surface area contributed by atoms with Crippen LogP contribution in [0, 0.1) is 6.92 Å². The maximum atomic E-state index is 12.7. The molecule has 0 aliphatic heterocycles. The van der Waals surface area contributed by atoms with E-state index in [0.717, 1.165) is 17.2 Å². The largest absolute Gasteiger partial charge is 0.416 e. The van der Waals surface area contributed by atoms with Crippen molar-refractivity contribution >= 4 is 5.69 Å². The second kappa shape index (κ2) is 4.36. The van der Waals surface area contributed by atoms with Crippen molar-refractivity contribution in [1.82, 2.24) is 0 Å². The summed E-state index contributed by atoms with van der Waals surface area (Å²) >= 11 is 0. The van der Waals surface area contributed by atoms with Gasteiger partial charge in [0.05, 0.1) is 5.56 Å². The second-order valence-corrected chi connectivity index (χ2v) is 4.14. The smallest absolute Gasteiger partial charge is 0.388 e. The second-order valence-electron chi connectivity index (χ2n) is 4.14. The van der Waals surface area contributed by atoms with Crippen molar-refractivity contribution in [2.45, 2.75) is 32.9 Å². The van der Waals surface area contributed by atoms with Crippen molar-refractivity contribution in [2.75, 3.05) is 12.4 Å². The van der Waals surface area contributed by atoms with Gasteiger partial charge in [-0.3, -0.25) is 0 Å². The van der Waals surface area contributed by atoms with Gasteiger partial charge in [0.2, 0.25) is 0 Å². The van der Waals surface area contributed by atoms with Gasteiger partial charge in [-0.15, -0.1) is 0 Å². The molecule has 4 heteroatoms. The molecule has 0 aromatic heterocycles. The standard InChI is InChI=1S/C12H16F3N/c1-7(2)10-5-9(12(13,14)15)6-11(16-4)8(10)3/h5-7,16H,1-4H3. The molecule has 1 N–H and O–H groups in total. The molecule has 0 saturated carbocycles. The SMILES string of the molecule is CNc1cc(C(F)(F)F)cc(C(C)C)c1C. The molecule has 0 aliphatic carbocycles. The first-order valence-electron chi connectivity index (χ1n) is 5.17. The van der Waals surface area contributed by atoms with Gasteiger partial charge >= 0.3 is 6.18 Å². The van der Waals surface area contributed by atoms with Crippen LogP contribution in [0.4, 0.5) is 18.9 Å². The minimum atomic E-state index is -4.29. The number of nitrogens with one attached hydrogen (secondary N) is 1. The third-order valence-electron chi connectivity index (χ3n) is 2.67. The molecule has 1 rings (SSSR count). The lowest BCUT2D eigenvalue weighted by Gasteiger charge is -2.17. The molecule has 0 saturated heterocycles. The van der Waals surface area contributed by atoms with Crippen LogP contribution in [0.15, 0.2) is 12.1 Å². The minimum Gasteiger partial charge on any atom is -0.388 e. The van der Waals surface area contributed by atoms with Gasteiger partial charge in [0.1, 0.15) is 0 Å². The highest BCUT2D eigenvalue weighted by molar-refractivity contribution is 5.57. The zero-order valence-corrected chi connectivity index (χ0v) is 9.87. The van der Waals surface area contributed by atoms with Crippen LogP contribution >= 0.6 is 0 Å². The van der Waals surface area contributed by atoms with Crippen molar-refractivity contribution < 1.29 is 13.2 Å². The molecule has 0 bridgehead atoms. The van der Waals surface area contributed by atoms with Crippen LogP contribution in [0.2, 0.25) is 0 Å². The first kappa shape index (κ1) is 12.9. The molecule has 0 radical (unpaired) electrons. The molecular formula is C12H16F3N. The fraction of sp³-hybridized carbons (Fsp3) is 0.500. The van der Waals surface area contributed by atoms with E-state index in [9.17, 15) is 13.2 Å². The summed E-state index contributed by atoms with van der Waals surface area (Å²) in [6.45, 7) is 5.62. The van der Waals surface area contributed by atoms with Gasteiger partial charge < -0.3 is 5.32 Å². The fourth-order valence-electron chi connectivity index (χ4n) is 1.76. The summed E-state index contributed by atoms with van der Waals surface area (Å²) in [6.07, 6.45) is -4.29. The third kappa shape index (κ3) is 2.49. The predicted octanol–water partition coefficient (Wildman–Crippen LogP) is 4.18. The van der Waals surface area contributed by atoms with Crippen molar-refractivity contribution in [1.29, 1.82) is 0 Å². The van der Waals surface area contributed by atoms with Crippen molar-refractivity contribution in [3.8, 4) is 0 Å². The topological polar surface area (TPSA) is 12.0 Å². The molecule has 0 fully saturated rings. The lowest BCUT2D eigenvalue weighted by Crippen LogP contribution is -2.09. The molecule has 1 nitrogen and oxygen atoms in total. The zero-order valence-electron chi connectivity index (χ0n) is 9.87. The molecule has 90 valence electrons. The van der Waals surface area contributed by atoms with Gasteiger partial charge in [0.25, 0.3) is 0 Å². The van der Waals surface area contributed by atoms with Crippen LogP contribution in [0.1, 0.15) is 36.5 Å². The number of rotatable bonds is 2. The van der Waals surface area contributed by atoms with Gasteiger partial charge in [0, 0.05) is 12.7 Å². The average molecular weight is 231 g/mol. The summed E-state index contributed by atoms with van der Waals surface area (Å²) < 4.78 is 38.0. The van der Waals surface area contributed by atoms with E-state index in [1.165, 1.54) is 6.07 Å². The van der Waals surface area contributed by atoms with E-state index in [0.29, 0.717) is 5.69 Å². The number of alkyl halides is 3. The van der Waals surface area contributed by atoms with Crippen molar-refractivity contribution in [2.24, 2.45) is 0 Å². The monoisotopic (exact) mass is 231 g/mol. The third-order valence-corrected chi connectivity index (χ3v) is 2.67. The Labute approximate surface area is 93.7 Å². The molecule has 1 aromatic rings. The van der Waals surface area contributed by atoms with Crippen LogP contribution in [0.25, 0.3) is 0 Å². The van der Waals surface area contributed by atoms with Crippen molar-refractivity contribution in [3.05, 3.63) is 28.8 Å². The lowest BCUT2D eigenvalue weighted by atomic mass is 9.94. The van der Waals surface area contributed by atoms with Crippen molar-refractivity contribution in [3.63, 3.8) is 0 Å². The molecule has 0 amide bonds. The Kier molecular flexibility index (Phi) is 3.51. The summed E-state index contributed by atoms with van der Waals surface area (Å²) in [6, 6.07) is 2.39. The highest BCUT2D eigenvalue weighted by Gasteiger charge is 2.31. The first-order valence-corrected chi connectivity index (χ1v) is 5.17. The minimum absolute atomic E-state index is 0.0781. The molecule has 1 aromatic carbocycles. The van der Waals surface area contributed by atoms with Gasteiger partial charge in [0.15, 0.2) is 0 Å². The van der Waals surface area contributed by atoms with E-state index in [-0.39, 0.29) is 5.92 Å². The molecule has 0 atom stereocenters. The van der Waals surface area contributed by atoms with E-state index < -0.39 is 11.7 Å². The molecule has 0 spiro atoms. The Morgan fingerprint density at radius 1 is 1.19 bits per heavy atom. The highest BCUT2D eigenvalue weighted by atomic mass is 19.4. The number of hydrogen-bond acceptors (Lipinski definition) is 1. The van der Waals surface area contributed by atoms with E-state index >= 15 is 0 Å². The average Bonchev–Trinajstić information content (AvgIpc) is 2.15. The Balaban J connectivity index is 3.40. The van der Waals surface area contributed by atoms with Crippen LogP contribution < -0.4 is 5.32 Å². The maximum absolute atomic E-state index is 12.7. The lowest BCUT2D eigenvalue weighted by molar-refractivity contribution is -0.137. The van der Waals surface area contributed by atoms with Crippen LogP contribution in [-0.4, -0.2) is 7.05 Å². The maximum Gasteiger partial charge on any atom is 0.416 e. The fourth-order valence-corrected chi connectivity index (χ4v) is 1.76. The Morgan fingerprint density at radius 3 is 2.12 bits per heavy atom. The quantitative estimate of drug-likeness (QED) is 0.805. The number of benzene rings is 1. The van der Waals surface area contributed by atoms with Crippen LogP contribution in [0.5, 0.6) is 0 Å². The van der Waals surface area contributed by atoms with Gasteiger partial charge in [-0.05, 0) is 36.1 Å². The van der Waals surface area contributed by atoms with Gasteiger partial charge in [-0.25, -0.2) is 0 Å². The normalized spacial score (nSPS) is 12.0. The Bertz CT molecular complexity index is 381. The molecular weight excluding hydrogens is 215 g/mol. The van der Waals surface area contributed by atoms with Crippen LogP contribution in [-0.2, 0) is 6.18 Å². The number of halogens is 3. The first-order chi connectivity index (χ1) is 7.27. The molecule has 0 aliphatic rings. The molecule has 0 heterocycles. The van der Waals surface area contributed by atoms with E-state index in [4.69, 9.17) is 0 Å². The summed E-state index contributed by atoms with van der Waals surface area (Å²) in [5.41, 5.74) is 1.56. The Morgan fingerprint density at radius 2 is 1.75 bits per heavy atom. The molecule has 16 heavy (non-hydrogen) atoms. The predicted molar refractivity (Wildman–Crippen MR) is 59.8 cm³/mol.